The molecule has 0 spiro atoms. The predicted molar refractivity (Wildman–Crippen MR) is 79.4 cm³/mol. The van der Waals surface area contributed by atoms with Crippen LogP contribution in [0.2, 0.25) is 0 Å². The summed E-state index contributed by atoms with van der Waals surface area (Å²) < 4.78 is 5.58. The van der Waals surface area contributed by atoms with Crippen LogP contribution in [0.15, 0.2) is 30.5 Å². The van der Waals surface area contributed by atoms with Crippen LogP contribution in [0.4, 0.5) is 0 Å². The first-order valence-corrected chi connectivity index (χ1v) is 6.84. The molecule has 6 heteroatoms. The molecule has 0 radical (unpaired) electrons. The predicted octanol–water partition coefficient (Wildman–Crippen LogP) is 1.91. The summed E-state index contributed by atoms with van der Waals surface area (Å²) in [6.45, 7) is 7.32. The highest BCUT2D eigenvalue weighted by molar-refractivity contribution is 5.91. The van der Waals surface area contributed by atoms with Crippen LogP contribution in [0.5, 0.6) is 5.75 Å². The fraction of sp³-hybridized carbons (Fsp3) is 0.400. The molecule has 0 aliphatic carbocycles. The first-order chi connectivity index (χ1) is 9.97. The normalized spacial score (nSPS) is 11.2. The summed E-state index contributed by atoms with van der Waals surface area (Å²) in [5, 5.41) is 12.4. The van der Waals surface area contributed by atoms with Crippen molar-refractivity contribution in [3.8, 4) is 5.75 Å². The summed E-state index contributed by atoms with van der Waals surface area (Å²) in [5.74, 6) is 0.522. The van der Waals surface area contributed by atoms with E-state index in [1.807, 2.05) is 12.1 Å². The molecule has 1 heterocycles. The summed E-state index contributed by atoms with van der Waals surface area (Å²) in [7, 11) is 0. The van der Waals surface area contributed by atoms with Crippen LogP contribution >= 0.6 is 0 Å². The molecule has 0 saturated carbocycles. The van der Waals surface area contributed by atoms with Crippen molar-refractivity contribution in [1.82, 2.24) is 20.7 Å². The molecule has 1 amide bonds. The highest BCUT2D eigenvalue weighted by Crippen LogP contribution is 2.24. The molecule has 21 heavy (non-hydrogen) atoms. The number of carbonyl (C=O) groups excluding carboxylic acids is 1. The van der Waals surface area contributed by atoms with Crippen LogP contribution in [-0.4, -0.2) is 34.5 Å². The molecule has 6 nitrogen and oxygen atoms in total. The third-order valence-electron chi connectivity index (χ3n) is 3.02. The number of benzene rings is 1. The highest BCUT2D eigenvalue weighted by atomic mass is 16.5. The minimum atomic E-state index is -0.268. The van der Waals surface area contributed by atoms with Gasteiger partial charge in [-0.2, -0.15) is 15.4 Å². The lowest BCUT2D eigenvalue weighted by Gasteiger charge is -2.19. The van der Waals surface area contributed by atoms with Crippen LogP contribution in [0, 0.1) is 0 Å². The zero-order chi connectivity index (χ0) is 15.3. The second kappa shape index (κ2) is 6.39. The molecule has 112 valence electrons. The molecular weight excluding hydrogens is 268 g/mol. The average molecular weight is 288 g/mol. The van der Waals surface area contributed by atoms with E-state index >= 15 is 0 Å². The van der Waals surface area contributed by atoms with Crippen LogP contribution in [0.3, 0.4) is 0 Å². The van der Waals surface area contributed by atoms with Gasteiger partial charge in [0.25, 0.3) is 5.91 Å². The standard InChI is InChI=1S/C15H20N4O2/c1-15(2,3)11-4-6-12(7-5-11)21-9-8-16-14(20)13-10-17-19-18-13/h4-7,10H,8-9H2,1-3H3,(H,16,20)(H,17,18,19). The SMILES string of the molecule is CC(C)(C)c1ccc(OCCNC(=O)c2cn[nH]n2)cc1. The van der Waals surface area contributed by atoms with Crippen molar-refractivity contribution in [1.29, 1.82) is 0 Å². The maximum atomic E-state index is 11.6. The minimum Gasteiger partial charge on any atom is -0.492 e. The second-order valence-corrected chi connectivity index (χ2v) is 5.73. The van der Waals surface area contributed by atoms with E-state index in [0.717, 1.165) is 5.75 Å². The summed E-state index contributed by atoms with van der Waals surface area (Å²) in [6.07, 6.45) is 1.38. The van der Waals surface area contributed by atoms with Gasteiger partial charge in [0.05, 0.1) is 12.7 Å². The molecule has 1 aromatic heterocycles. The van der Waals surface area contributed by atoms with Gasteiger partial charge in [-0.15, -0.1) is 0 Å². The number of aromatic amines is 1. The maximum absolute atomic E-state index is 11.6. The topological polar surface area (TPSA) is 79.9 Å². The van der Waals surface area contributed by atoms with E-state index in [2.05, 4.69) is 53.6 Å². The maximum Gasteiger partial charge on any atom is 0.273 e. The Kier molecular flexibility index (Phi) is 4.57. The van der Waals surface area contributed by atoms with Crippen molar-refractivity contribution >= 4 is 5.91 Å². The minimum absolute atomic E-state index is 0.129. The number of hydrogen-bond donors (Lipinski definition) is 2. The van der Waals surface area contributed by atoms with Gasteiger partial charge in [-0.05, 0) is 23.1 Å². The van der Waals surface area contributed by atoms with Gasteiger partial charge in [0.1, 0.15) is 12.4 Å². The summed E-state index contributed by atoms with van der Waals surface area (Å²) in [4.78, 5) is 11.6. The Bertz CT molecular complexity index is 571. The summed E-state index contributed by atoms with van der Waals surface area (Å²) in [6, 6.07) is 8.01. The third kappa shape index (κ3) is 4.30. The van der Waals surface area contributed by atoms with Crippen LogP contribution in [-0.2, 0) is 5.41 Å². The Morgan fingerprint density at radius 3 is 2.57 bits per heavy atom. The summed E-state index contributed by atoms with van der Waals surface area (Å²) in [5.41, 5.74) is 1.66. The number of nitrogens with one attached hydrogen (secondary N) is 2. The molecule has 0 fully saturated rings. The quantitative estimate of drug-likeness (QED) is 0.824. The Balaban J connectivity index is 1.75. The van der Waals surface area contributed by atoms with Gasteiger partial charge >= 0.3 is 0 Å². The zero-order valence-corrected chi connectivity index (χ0v) is 12.5. The number of carbonyl (C=O) groups is 1. The zero-order valence-electron chi connectivity index (χ0n) is 12.5. The van der Waals surface area contributed by atoms with E-state index in [4.69, 9.17) is 4.74 Å². The van der Waals surface area contributed by atoms with Crippen molar-refractivity contribution in [2.45, 2.75) is 26.2 Å². The second-order valence-electron chi connectivity index (χ2n) is 5.73. The fourth-order valence-corrected chi connectivity index (χ4v) is 1.79. The van der Waals surface area contributed by atoms with Crippen molar-refractivity contribution in [3.63, 3.8) is 0 Å². The molecule has 0 aliphatic heterocycles. The first-order valence-electron chi connectivity index (χ1n) is 6.84. The van der Waals surface area contributed by atoms with Crippen molar-refractivity contribution < 1.29 is 9.53 Å². The molecule has 0 saturated heterocycles. The first kappa shape index (κ1) is 15.0. The summed E-state index contributed by atoms with van der Waals surface area (Å²) >= 11 is 0. The van der Waals surface area contributed by atoms with Gasteiger partial charge in [0.15, 0.2) is 5.69 Å². The Hall–Kier alpha value is -2.37. The van der Waals surface area contributed by atoms with Gasteiger partial charge in [-0.3, -0.25) is 4.79 Å². The van der Waals surface area contributed by atoms with Gasteiger partial charge in [-0.25, -0.2) is 0 Å². The van der Waals surface area contributed by atoms with Crippen molar-refractivity contribution in [2.24, 2.45) is 0 Å². The highest BCUT2D eigenvalue weighted by Gasteiger charge is 2.13. The molecule has 0 unspecified atom stereocenters. The third-order valence-corrected chi connectivity index (χ3v) is 3.02. The van der Waals surface area contributed by atoms with Crippen LogP contribution in [0.1, 0.15) is 36.8 Å². The molecule has 2 N–H and O–H groups in total. The van der Waals surface area contributed by atoms with E-state index in [1.54, 1.807) is 0 Å². The Labute approximate surface area is 123 Å². The number of ether oxygens (including phenoxy) is 1. The largest absolute Gasteiger partial charge is 0.492 e. The van der Waals surface area contributed by atoms with Gasteiger partial charge in [0.2, 0.25) is 0 Å². The Morgan fingerprint density at radius 1 is 1.29 bits per heavy atom. The molecule has 2 rings (SSSR count). The molecular formula is C15H20N4O2. The van der Waals surface area contributed by atoms with E-state index in [1.165, 1.54) is 11.8 Å². The van der Waals surface area contributed by atoms with Crippen molar-refractivity contribution in [2.75, 3.05) is 13.2 Å². The molecule has 2 aromatic rings. The lowest BCUT2D eigenvalue weighted by Crippen LogP contribution is -2.28. The molecule has 0 bridgehead atoms. The fourth-order valence-electron chi connectivity index (χ4n) is 1.79. The van der Waals surface area contributed by atoms with Crippen molar-refractivity contribution in [3.05, 3.63) is 41.7 Å². The lowest BCUT2D eigenvalue weighted by molar-refractivity contribution is 0.0942. The van der Waals surface area contributed by atoms with E-state index < -0.39 is 0 Å². The number of nitrogens with zero attached hydrogens (tertiary/aromatic N) is 2. The monoisotopic (exact) mass is 288 g/mol. The average Bonchev–Trinajstić information content (AvgIpc) is 2.97. The van der Waals surface area contributed by atoms with Crippen LogP contribution < -0.4 is 10.1 Å². The molecule has 1 aromatic carbocycles. The van der Waals surface area contributed by atoms with E-state index in [-0.39, 0.29) is 17.0 Å². The Morgan fingerprint density at radius 2 is 2.00 bits per heavy atom. The smallest absolute Gasteiger partial charge is 0.273 e. The number of rotatable bonds is 5. The molecule has 0 aliphatic rings. The number of aromatic nitrogens is 3. The van der Waals surface area contributed by atoms with E-state index in [0.29, 0.717) is 13.2 Å². The van der Waals surface area contributed by atoms with Crippen LogP contribution in [0.25, 0.3) is 0 Å². The lowest BCUT2D eigenvalue weighted by atomic mass is 9.87. The van der Waals surface area contributed by atoms with Gasteiger partial charge in [0, 0.05) is 0 Å². The number of H-pyrrole nitrogens is 1. The molecule has 0 atom stereocenters. The number of hydrogen-bond acceptors (Lipinski definition) is 4. The van der Waals surface area contributed by atoms with Gasteiger partial charge < -0.3 is 10.1 Å². The number of amides is 1. The van der Waals surface area contributed by atoms with Gasteiger partial charge in [-0.1, -0.05) is 32.9 Å². The van der Waals surface area contributed by atoms with E-state index in [9.17, 15) is 4.79 Å².